The molecule has 0 saturated heterocycles. The van der Waals surface area contributed by atoms with Crippen LogP contribution in [-0.4, -0.2) is 18.8 Å². The highest BCUT2D eigenvalue weighted by atomic mass is 32.2. The first-order chi connectivity index (χ1) is 8.76. The first-order valence-electron chi connectivity index (χ1n) is 5.66. The summed E-state index contributed by atoms with van der Waals surface area (Å²) in [4.78, 5) is 12.6. The van der Waals surface area contributed by atoms with Crippen LogP contribution in [0.5, 0.6) is 0 Å². The van der Waals surface area contributed by atoms with Crippen molar-refractivity contribution in [2.75, 3.05) is 12.9 Å². The summed E-state index contributed by atoms with van der Waals surface area (Å²) in [6.07, 6.45) is 2.01. The van der Waals surface area contributed by atoms with E-state index in [-0.39, 0.29) is 5.97 Å². The second-order valence-corrected chi connectivity index (χ2v) is 5.76. The van der Waals surface area contributed by atoms with Gasteiger partial charge in [0.1, 0.15) is 4.88 Å². The second-order valence-electron chi connectivity index (χ2n) is 3.60. The summed E-state index contributed by atoms with van der Waals surface area (Å²) in [6.45, 7) is 2.22. The SMILES string of the molecule is CCOC(=O)c1sc(SC)cc1-c1ccccc1. The van der Waals surface area contributed by atoms with Crippen LogP contribution < -0.4 is 0 Å². The van der Waals surface area contributed by atoms with Gasteiger partial charge in [-0.15, -0.1) is 23.1 Å². The molecule has 0 aliphatic heterocycles. The van der Waals surface area contributed by atoms with E-state index in [9.17, 15) is 4.79 Å². The summed E-state index contributed by atoms with van der Waals surface area (Å²) < 4.78 is 6.23. The molecule has 2 rings (SSSR count). The highest BCUT2D eigenvalue weighted by Crippen LogP contribution is 2.36. The number of rotatable bonds is 4. The molecule has 0 fully saturated rings. The summed E-state index contributed by atoms with van der Waals surface area (Å²) in [6, 6.07) is 12.0. The van der Waals surface area contributed by atoms with Crippen molar-refractivity contribution < 1.29 is 9.53 Å². The van der Waals surface area contributed by atoms with Crippen molar-refractivity contribution in [2.45, 2.75) is 11.1 Å². The van der Waals surface area contributed by atoms with Crippen molar-refractivity contribution in [3.63, 3.8) is 0 Å². The Hall–Kier alpha value is -1.26. The average Bonchev–Trinajstić information content (AvgIpc) is 2.84. The summed E-state index contributed by atoms with van der Waals surface area (Å²) >= 11 is 3.14. The maximum absolute atomic E-state index is 11.9. The number of benzene rings is 1. The minimum absolute atomic E-state index is 0.235. The lowest BCUT2D eigenvalue weighted by atomic mass is 10.1. The lowest BCUT2D eigenvalue weighted by Crippen LogP contribution is -2.03. The molecule has 1 aromatic heterocycles. The molecule has 0 N–H and O–H groups in total. The quantitative estimate of drug-likeness (QED) is 0.615. The van der Waals surface area contributed by atoms with Crippen molar-refractivity contribution in [3.05, 3.63) is 41.3 Å². The number of carbonyl (C=O) groups excluding carboxylic acids is 1. The van der Waals surface area contributed by atoms with E-state index in [1.165, 1.54) is 11.3 Å². The van der Waals surface area contributed by atoms with Crippen LogP contribution in [0, 0.1) is 0 Å². The molecule has 0 radical (unpaired) electrons. The number of thioether (sulfide) groups is 1. The molecule has 2 aromatic rings. The van der Waals surface area contributed by atoms with E-state index in [4.69, 9.17) is 4.74 Å². The maximum atomic E-state index is 11.9. The second kappa shape index (κ2) is 6.07. The lowest BCUT2D eigenvalue weighted by molar-refractivity contribution is 0.0533. The summed E-state index contributed by atoms with van der Waals surface area (Å²) in [5.41, 5.74) is 2.01. The largest absolute Gasteiger partial charge is 0.462 e. The molecule has 18 heavy (non-hydrogen) atoms. The van der Waals surface area contributed by atoms with Gasteiger partial charge in [-0.3, -0.25) is 0 Å². The number of thiophene rings is 1. The molecule has 0 bridgehead atoms. The minimum atomic E-state index is -0.235. The van der Waals surface area contributed by atoms with Crippen molar-refractivity contribution >= 4 is 29.1 Å². The van der Waals surface area contributed by atoms with Crippen LogP contribution in [0.2, 0.25) is 0 Å². The fraction of sp³-hybridized carbons (Fsp3) is 0.214. The first-order valence-corrected chi connectivity index (χ1v) is 7.70. The predicted octanol–water partition coefficient (Wildman–Crippen LogP) is 4.31. The molecule has 94 valence electrons. The molecule has 2 nitrogen and oxygen atoms in total. The van der Waals surface area contributed by atoms with Gasteiger partial charge in [-0.25, -0.2) is 4.79 Å². The lowest BCUT2D eigenvalue weighted by Gasteiger charge is -2.03. The smallest absolute Gasteiger partial charge is 0.348 e. The van der Waals surface area contributed by atoms with Crippen molar-refractivity contribution in [1.29, 1.82) is 0 Å². The van der Waals surface area contributed by atoms with Crippen LogP contribution >= 0.6 is 23.1 Å². The van der Waals surface area contributed by atoms with Crippen molar-refractivity contribution in [2.24, 2.45) is 0 Å². The Labute approximate surface area is 115 Å². The van der Waals surface area contributed by atoms with Crippen LogP contribution in [0.15, 0.2) is 40.6 Å². The zero-order chi connectivity index (χ0) is 13.0. The Morgan fingerprint density at radius 2 is 2.06 bits per heavy atom. The van der Waals surface area contributed by atoms with E-state index in [0.717, 1.165) is 15.3 Å². The third kappa shape index (κ3) is 2.76. The Bertz CT molecular complexity index is 532. The van der Waals surface area contributed by atoms with Gasteiger partial charge in [0, 0.05) is 5.56 Å². The molecule has 4 heteroatoms. The third-order valence-corrected chi connectivity index (χ3v) is 4.64. The molecule has 1 heterocycles. The molecule has 0 amide bonds. The zero-order valence-electron chi connectivity index (χ0n) is 10.3. The Balaban J connectivity index is 2.45. The van der Waals surface area contributed by atoms with E-state index in [0.29, 0.717) is 11.5 Å². The van der Waals surface area contributed by atoms with E-state index in [2.05, 4.69) is 6.07 Å². The van der Waals surface area contributed by atoms with Crippen LogP contribution in [0.3, 0.4) is 0 Å². The fourth-order valence-corrected chi connectivity index (χ4v) is 3.28. The standard InChI is InChI=1S/C14H14O2S2/c1-3-16-14(15)13-11(9-12(17-2)18-13)10-7-5-4-6-8-10/h4-9H,3H2,1-2H3. The number of carbonyl (C=O) groups is 1. The fourth-order valence-electron chi connectivity index (χ4n) is 1.65. The van der Waals surface area contributed by atoms with Gasteiger partial charge >= 0.3 is 5.97 Å². The van der Waals surface area contributed by atoms with Gasteiger partial charge in [-0.2, -0.15) is 0 Å². The van der Waals surface area contributed by atoms with Crippen LogP contribution in [-0.2, 0) is 4.74 Å². The number of ether oxygens (including phenoxy) is 1. The third-order valence-electron chi connectivity index (χ3n) is 2.46. The normalized spacial score (nSPS) is 10.3. The van der Waals surface area contributed by atoms with Gasteiger partial charge in [0.15, 0.2) is 0 Å². The van der Waals surface area contributed by atoms with Gasteiger partial charge in [0.25, 0.3) is 0 Å². The van der Waals surface area contributed by atoms with Crippen molar-refractivity contribution in [3.8, 4) is 11.1 Å². The predicted molar refractivity (Wildman–Crippen MR) is 77.5 cm³/mol. The van der Waals surface area contributed by atoms with E-state index in [1.807, 2.05) is 43.5 Å². The summed E-state index contributed by atoms with van der Waals surface area (Å²) in [5.74, 6) is -0.235. The monoisotopic (exact) mass is 278 g/mol. The van der Waals surface area contributed by atoms with Crippen LogP contribution in [0.25, 0.3) is 11.1 Å². The van der Waals surface area contributed by atoms with Crippen LogP contribution in [0.4, 0.5) is 0 Å². The molecular formula is C14H14O2S2. The van der Waals surface area contributed by atoms with E-state index >= 15 is 0 Å². The van der Waals surface area contributed by atoms with Gasteiger partial charge in [-0.1, -0.05) is 30.3 Å². The highest BCUT2D eigenvalue weighted by Gasteiger charge is 2.18. The van der Waals surface area contributed by atoms with Crippen LogP contribution in [0.1, 0.15) is 16.6 Å². The summed E-state index contributed by atoms with van der Waals surface area (Å²) in [7, 11) is 0. The number of hydrogen-bond donors (Lipinski definition) is 0. The zero-order valence-corrected chi connectivity index (χ0v) is 11.9. The van der Waals surface area contributed by atoms with Gasteiger partial charge < -0.3 is 4.74 Å². The molecule has 0 unspecified atom stereocenters. The van der Waals surface area contributed by atoms with Gasteiger partial charge in [0.2, 0.25) is 0 Å². The van der Waals surface area contributed by atoms with E-state index < -0.39 is 0 Å². The maximum Gasteiger partial charge on any atom is 0.348 e. The molecule has 0 aliphatic rings. The Kier molecular flexibility index (Phi) is 4.44. The number of hydrogen-bond acceptors (Lipinski definition) is 4. The van der Waals surface area contributed by atoms with Crippen molar-refractivity contribution in [1.82, 2.24) is 0 Å². The molecule has 0 spiro atoms. The molecular weight excluding hydrogens is 264 g/mol. The molecule has 0 atom stereocenters. The minimum Gasteiger partial charge on any atom is -0.462 e. The number of esters is 1. The average molecular weight is 278 g/mol. The highest BCUT2D eigenvalue weighted by molar-refractivity contribution is 8.00. The Morgan fingerprint density at radius 3 is 2.67 bits per heavy atom. The Morgan fingerprint density at radius 1 is 1.33 bits per heavy atom. The summed E-state index contributed by atoms with van der Waals surface area (Å²) in [5, 5.41) is 0. The molecule has 1 aromatic carbocycles. The molecule has 0 aliphatic carbocycles. The first kappa shape index (κ1) is 13.2. The van der Waals surface area contributed by atoms with Gasteiger partial charge in [-0.05, 0) is 24.8 Å². The molecule has 0 saturated carbocycles. The topological polar surface area (TPSA) is 26.3 Å². The van der Waals surface area contributed by atoms with Gasteiger partial charge in [0.05, 0.1) is 10.8 Å². The van der Waals surface area contributed by atoms with E-state index in [1.54, 1.807) is 11.8 Å².